The minimum atomic E-state index is 0.493. The van der Waals surface area contributed by atoms with E-state index < -0.39 is 0 Å². The van der Waals surface area contributed by atoms with Crippen molar-refractivity contribution in [2.45, 2.75) is 44.9 Å². The topological polar surface area (TPSA) is 39.4 Å². The molecule has 0 spiro atoms. The maximum atomic E-state index is 6.43. The van der Waals surface area contributed by atoms with Crippen molar-refractivity contribution in [2.75, 3.05) is 6.61 Å². The molecule has 3 aromatic rings. The van der Waals surface area contributed by atoms with E-state index in [2.05, 4.69) is 22.4 Å². The Labute approximate surface area is 152 Å². The van der Waals surface area contributed by atoms with E-state index in [-0.39, 0.29) is 0 Å². The molecule has 0 saturated heterocycles. The number of ether oxygens (including phenoxy) is 1. The Bertz CT molecular complexity index is 886. The summed E-state index contributed by atoms with van der Waals surface area (Å²) in [5, 5.41) is 0.493. The normalized spacial score (nSPS) is 14.6. The molecule has 5 heteroatoms. The van der Waals surface area contributed by atoms with Gasteiger partial charge in [-0.1, -0.05) is 43.5 Å². The van der Waals surface area contributed by atoms with Crippen LogP contribution in [0.5, 0.6) is 5.75 Å². The van der Waals surface area contributed by atoms with Crippen molar-refractivity contribution in [2.24, 2.45) is 0 Å². The molecule has 2 heterocycles. The lowest BCUT2D eigenvalue weighted by atomic mass is 9.85. The zero-order valence-corrected chi connectivity index (χ0v) is 15.2. The van der Waals surface area contributed by atoms with Crippen molar-refractivity contribution in [3.8, 4) is 17.0 Å². The molecule has 1 aliphatic carbocycles. The van der Waals surface area contributed by atoms with Gasteiger partial charge in [-0.15, -0.1) is 0 Å². The summed E-state index contributed by atoms with van der Waals surface area (Å²) in [4.78, 5) is 9.23. The molecule has 0 unspecified atom stereocenters. The second-order valence-electron chi connectivity index (χ2n) is 6.61. The van der Waals surface area contributed by atoms with E-state index in [4.69, 9.17) is 21.3 Å². The standard InChI is InChI=1S/C20H22ClN3O/c1-2-3-12-25-16-9-5-8-15(13-16)17-18-19(21)22-10-11-24(18)20(23-17)14-6-4-7-14/h5,8-11,13-14H,2-4,6-7,12H2,1H3. The van der Waals surface area contributed by atoms with Gasteiger partial charge < -0.3 is 4.74 Å². The summed E-state index contributed by atoms with van der Waals surface area (Å²) in [6.07, 6.45) is 9.54. The molecule has 1 fully saturated rings. The van der Waals surface area contributed by atoms with Gasteiger partial charge in [-0.05, 0) is 31.4 Å². The van der Waals surface area contributed by atoms with Crippen LogP contribution >= 0.6 is 11.6 Å². The van der Waals surface area contributed by atoms with Crippen molar-refractivity contribution in [1.29, 1.82) is 0 Å². The summed E-state index contributed by atoms with van der Waals surface area (Å²) in [5.74, 6) is 2.49. The minimum Gasteiger partial charge on any atom is -0.494 e. The van der Waals surface area contributed by atoms with Crippen LogP contribution in [0.15, 0.2) is 36.7 Å². The van der Waals surface area contributed by atoms with Crippen LogP contribution in [0.4, 0.5) is 0 Å². The quantitative estimate of drug-likeness (QED) is 0.548. The molecule has 25 heavy (non-hydrogen) atoms. The van der Waals surface area contributed by atoms with Crippen LogP contribution in [-0.4, -0.2) is 21.0 Å². The zero-order valence-electron chi connectivity index (χ0n) is 14.4. The zero-order chi connectivity index (χ0) is 17.2. The third-order valence-corrected chi connectivity index (χ3v) is 5.16. The number of hydrogen-bond acceptors (Lipinski definition) is 3. The van der Waals surface area contributed by atoms with Gasteiger partial charge in [-0.2, -0.15) is 0 Å². The number of rotatable bonds is 6. The number of aromatic nitrogens is 3. The van der Waals surface area contributed by atoms with Crippen molar-refractivity contribution in [3.63, 3.8) is 0 Å². The van der Waals surface area contributed by atoms with Crippen molar-refractivity contribution < 1.29 is 4.74 Å². The number of benzene rings is 1. The molecule has 0 N–H and O–H groups in total. The van der Waals surface area contributed by atoms with E-state index in [0.29, 0.717) is 11.1 Å². The summed E-state index contributed by atoms with van der Waals surface area (Å²) in [6, 6.07) is 8.11. The Morgan fingerprint density at radius 2 is 2.20 bits per heavy atom. The van der Waals surface area contributed by atoms with Gasteiger partial charge in [0.2, 0.25) is 0 Å². The summed E-state index contributed by atoms with van der Waals surface area (Å²) < 4.78 is 7.96. The van der Waals surface area contributed by atoms with E-state index >= 15 is 0 Å². The van der Waals surface area contributed by atoms with Crippen LogP contribution < -0.4 is 4.74 Å². The number of halogens is 1. The van der Waals surface area contributed by atoms with Gasteiger partial charge in [0.1, 0.15) is 17.1 Å². The summed E-state index contributed by atoms with van der Waals surface area (Å²) in [7, 11) is 0. The molecule has 4 rings (SSSR count). The molecule has 0 bridgehead atoms. The van der Waals surface area contributed by atoms with Gasteiger partial charge in [0.05, 0.1) is 12.3 Å². The molecule has 0 aliphatic heterocycles. The van der Waals surface area contributed by atoms with E-state index in [1.54, 1.807) is 6.20 Å². The van der Waals surface area contributed by atoms with Crippen molar-refractivity contribution in [1.82, 2.24) is 14.4 Å². The van der Waals surface area contributed by atoms with Crippen LogP contribution in [-0.2, 0) is 0 Å². The van der Waals surface area contributed by atoms with E-state index in [9.17, 15) is 0 Å². The Balaban J connectivity index is 1.77. The van der Waals surface area contributed by atoms with E-state index in [0.717, 1.165) is 47.8 Å². The van der Waals surface area contributed by atoms with Crippen LogP contribution in [0.2, 0.25) is 5.15 Å². The van der Waals surface area contributed by atoms with Crippen molar-refractivity contribution >= 4 is 17.1 Å². The molecule has 130 valence electrons. The van der Waals surface area contributed by atoms with E-state index in [1.807, 2.05) is 24.4 Å². The van der Waals surface area contributed by atoms with Crippen molar-refractivity contribution in [3.05, 3.63) is 47.6 Å². The highest BCUT2D eigenvalue weighted by atomic mass is 35.5. The lowest BCUT2D eigenvalue weighted by Crippen LogP contribution is -2.12. The lowest BCUT2D eigenvalue weighted by molar-refractivity contribution is 0.309. The first-order valence-electron chi connectivity index (χ1n) is 9.03. The second kappa shape index (κ2) is 7.04. The highest BCUT2D eigenvalue weighted by molar-refractivity contribution is 6.33. The van der Waals surface area contributed by atoms with Gasteiger partial charge in [-0.25, -0.2) is 9.97 Å². The SMILES string of the molecule is CCCCOc1cccc(-c2nc(C3CCC3)n3ccnc(Cl)c23)c1. The molecule has 1 aromatic carbocycles. The Morgan fingerprint density at radius 1 is 1.32 bits per heavy atom. The number of imidazole rings is 1. The number of hydrogen-bond donors (Lipinski definition) is 0. The number of fused-ring (bicyclic) bond motifs is 1. The monoisotopic (exact) mass is 355 g/mol. The predicted molar refractivity (Wildman–Crippen MR) is 100 cm³/mol. The Kier molecular flexibility index (Phi) is 4.62. The number of nitrogens with zero attached hydrogens (tertiary/aromatic N) is 3. The molecule has 4 nitrogen and oxygen atoms in total. The maximum absolute atomic E-state index is 6.43. The third-order valence-electron chi connectivity index (χ3n) is 4.88. The molecule has 0 amide bonds. The fourth-order valence-corrected chi connectivity index (χ4v) is 3.48. The molecule has 1 saturated carbocycles. The van der Waals surface area contributed by atoms with Gasteiger partial charge in [0, 0.05) is 23.9 Å². The first-order chi connectivity index (χ1) is 12.3. The fourth-order valence-electron chi connectivity index (χ4n) is 3.25. The fraction of sp³-hybridized carbons (Fsp3) is 0.400. The summed E-state index contributed by atoms with van der Waals surface area (Å²) in [5.41, 5.74) is 2.80. The molecule has 0 atom stereocenters. The average Bonchev–Trinajstić information content (AvgIpc) is 2.95. The summed E-state index contributed by atoms with van der Waals surface area (Å²) in [6.45, 7) is 2.90. The Morgan fingerprint density at radius 3 is 2.96 bits per heavy atom. The van der Waals surface area contributed by atoms with Gasteiger partial charge in [0.25, 0.3) is 0 Å². The van der Waals surface area contributed by atoms with Gasteiger partial charge in [0.15, 0.2) is 5.15 Å². The number of unbranched alkanes of at least 4 members (excludes halogenated alkanes) is 1. The van der Waals surface area contributed by atoms with Crippen LogP contribution in [0.25, 0.3) is 16.8 Å². The first kappa shape index (κ1) is 16.4. The smallest absolute Gasteiger partial charge is 0.155 e. The second-order valence-corrected chi connectivity index (χ2v) is 6.97. The lowest BCUT2D eigenvalue weighted by Gasteiger charge is -2.23. The largest absolute Gasteiger partial charge is 0.494 e. The molecular formula is C20H22ClN3O. The maximum Gasteiger partial charge on any atom is 0.155 e. The van der Waals surface area contributed by atoms with Gasteiger partial charge >= 0.3 is 0 Å². The highest BCUT2D eigenvalue weighted by Crippen LogP contribution is 2.39. The predicted octanol–water partition coefficient (Wildman–Crippen LogP) is 5.50. The third kappa shape index (κ3) is 3.11. The molecule has 0 radical (unpaired) electrons. The van der Waals surface area contributed by atoms with Gasteiger partial charge in [-0.3, -0.25) is 4.40 Å². The summed E-state index contributed by atoms with van der Waals surface area (Å²) >= 11 is 6.43. The van der Waals surface area contributed by atoms with E-state index in [1.165, 1.54) is 19.3 Å². The van der Waals surface area contributed by atoms with Crippen LogP contribution in [0.1, 0.15) is 50.8 Å². The minimum absolute atomic E-state index is 0.493. The first-order valence-corrected chi connectivity index (χ1v) is 9.41. The average molecular weight is 356 g/mol. The molecule has 2 aromatic heterocycles. The molecule has 1 aliphatic rings. The highest BCUT2D eigenvalue weighted by Gasteiger charge is 2.27. The van der Waals surface area contributed by atoms with Crippen LogP contribution in [0.3, 0.4) is 0 Å². The molecular weight excluding hydrogens is 334 g/mol. The van der Waals surface area contributed by atoms with Crippen LogP contribution in [0, 0.1) is 0 Å². The Hall–Kier alpha value is -2.07.